The first-order valence-electron chi connectivity index (χ1n) is 8.18. The van der Waals surface area contributed by atoms with E-state index in [0.29, 0.717) is 29.7 Å². The molecule has 1 fully saturated rings. The van der Waals surface area contributed by atoms with E-state index in [1.807, 2.05) is 48.7 Å². The first-order valence-corrected chi connectivity index (χ1v) is 9.79. The van der Waals surface area contributed by atoms with E-state index >= 15 is 0 Å². The summed E-state index contributed by atoms with van der Waals surface area (Å²) in [6, 6.07) is 15.3. The molecule has 1 saturated heterocycles. The van der Waals surface area contributed by atoms with Gasteiger partial charge in [0.2, 0.25) is 17.6 Å². The minimum absolute atomic E-state index is 0.0609. The lowest BCUT2D eigenvalue weighted by Crippen LogP contribution is -2.24. The third-order valence-electron chi connectivity index (χ3n) is 4.40. The molecule has 7 heteroatoms. The molecule has 1 aromatic heterocycles. The van der Waals surface area contributed by atoms with Crippen LogP contribution in [0.4, 0.5) is 5.69 Å². The Kier molecular flexibility index (Phi) is 4.70. The molecule has 1 unspecified atom stereocenters. The number of hydrogen-bond acceptors (Lipinski definition) is 5. The van der Waals surface area contributed by atoms with Gasteiger partial charge in [-0.25, -0.2) is 0 Å². The van der Waals surface area contributed by atoms with Gasteiger partial charge in [0.25, 0.3) is 0 Å². The van der Waals surface area contributed by atoms with Gasteiger partial charge < -0.3 is 9.42 Å². The van der Waals surface area contributed by atoms with E-state index in [0.717, 1.165) is 16.1 Å². The number of thioether (sulfide) groups is 1. The molecule has 0 radical (unpaired) electrons. The quantitative estimate of drug-likeness (QED) is 0.612. The van der Waals surface area contributed by atoms with Gasteiger partial charge >= 0.3 is 0 Å². The Morgan fingerprint density at radius 2 is 2.08 bits per heavy atom. The zero-order chi connectivity index (χ0) is 18.1. The van der Waals surface area contributed by atoms with E-state index in [1.54, 1.807) is 22.7 Å². The second-order valence-corrected chi connectivity index (χ2v) is 7.33. The Balaban J connectivity index is 1.57. The lowest BCUT2D eigenvalue weighted by Gasteiger charge is -2.16. The molecule has 0 N–H and O–H groups in total. The van der Waals surface area contributed by atoms with Gasteiger partial charge in [-0.2, -0.15) is 4.98 Å². The molecule has 1 atom stereocenters. The zero-order valence-electron chi connectivity index (χ0n) is 14.1. The average molecular weight is 386 g/mol. The molecule has 5 nitrogen and oxygen atoms in total. The smallest absolute Gasteiger partial charge is 0.232 e. The summed E-state index contributed by atoms with van der Waals surface area (Å²) in [5.41, 5.74) is 1.62. The summed E-state index contributed by atoms with van der Waals surface area (Å²) in [4.78, 5) is 19.9. The van der Waals surface area contributed by atoms with E-state index in [1.165, 1.54) is 0 Å². The van der Waals surface area contributed by atoms with Crippen LogP contribution in [0.3, 0.4) is 0 Å². The van der Waals surface area contributed by atoms with Crippen LogP contribution >= 0.6 is 23.4 Å². The number of anilines is 1. The van der Waals surface area contributed by atoms with E-state index < -0.39 is 0 Å². The van der Waals surface area contributed by atoms with Crippen molar-refractivity contribution in [1.29, 1.82) is 0 Å². The summed E-state index contributed by atoms with van der Waals surface area (Å²) in [6.07, 6.45) is 2.37. The standard InChI is InChI=1S/C19H16ClN3O2S/c1-26-14-6-4-5-13(10-14)23-11-12(9-17(23)24)19-21-18(22-25-19)15-7-2-3-8-16(15)20/h2-8,10,12H,9,11H2,1H3. The van der Waals surface area contributed by atoms with Gasteiger partial charge in [0, 0.05) is 29.1 Å². The molecule has 2 heterocycles. The van der Waals surface area contributed by atoms with Gasteiger partial charge in [-0.3, -0.25) is 4.79 Å². The maximum atomic E-state index is 12.5. The normalized spacial score (nSPS) is 17.1. The summed E-state index contributed by atoms with van der Waals surface area (Å²) in [7, 11) is 0. The van der Waals surface area contributed by atoms with Crippen LogP contribution in [0.5, 0.6) is 0 Å². The van der Waals surface area contributed by atoms with Gasteiger partial charge in [0.15, 0.2) is 0 Å². The fourth-order valence-electron chi connectivity index (χ4n) is 3.05. The van der Waals surface area contributed by atoms with E-state index in [-0.39, 0.29) is 11.8 Å². The molecule has 2 aromatic carbocycles. The summed E-state index contributed by atoms with van der Waals surface area (Å²) in [5, 5.41) is 4.61. The van der Waals surface area contributed by atoms with Crippen LogP contribution in [-0.4, -0.2) is 28.8 Å². The van der Waals surface area contributed by atoms with Crippen molar-refractivity contribution in [2.75, 3.05) is 17.7 Å². The topological polar surface area (TPSA) is 59.2 Å². The summed E-state index contributed by atoms with van der Waals surface area (Å²) >= 11 is 7.85. The minimum atomic E-state index is -0.121. The number of carbonyl (C=O) groups is 1. The summed E-state index contributed by atoms with van der Waals surface area (Å²) in [6.45, 7) is 0.529. The van der Waals surface area contributed by atoms with Gasteiger partial charge in [0.1, 0.15) is 0 Å². The molecule has 26 heavy (non-hydrogen) atoms. The molecule has 1 amide bonds. The molecule has 3 aromatic rings. The van der Waals surface area contributed by atoms with Crippen molar-refractivity contribution < 1.29 is 9.32 Å². The lowest BCUT2D eigenvalue weighted by molar-refractivity contribution is -0.117. The van der Waals surface area contributed by atoms with E-state index in [9.17, 15) is 4.79 Å². The molecule has 0 bridgehead atoms. The number of benzene rings is 2. The predicted molar refractivity (Wildman–Crippen MR) is 103 cm³/mol. The Labute approximate surface area is 160 Å². The zero-order valence-corrected chi connectivity index (χ0v) is 15.6. The van der Waals surface area contributed by atoms with Gasteiger partial charge in [-0.05, 0) is 36.6 Å². The second kappa shape index (κ2) is 7.13. The van der Waals surface area contributed by atoms with Crippen LogP contribution in [0, 0.1) is 0 Å². The molecule has 132 valence electrons. The molecule has 1 aliphatic rings. The summed E-state index contributed by atoms with van der Waals surface area (Å²) in [5.74, 6) is 0.854. The first-order chi connectivity index (χ1) is 12.7. The van der Waals surface area contributed by atoms with Crippen molar-refractivity contribution in [3.8, 4) is 11.4 Å². The van der Waals surface area contributed by atoms with E-state index in [4.69, 9.17) is 16.1 Å². The van der Waals surface area contributed by atoms with Crippen LogP contribution < -0.4 is 4.90 Å². The van der Waals surface area contributed by atoms with Crippen molar-refractivity contribution in [2.45, 2.75) is 17.2 Å². The molecule has 0 spiro atoms. The minimum Gasteiger partial charge on any atom is -0.339 e. The van der Waals surface area contributed by atoms with Gasteiger partial charge in [-0.15, -0.1) is 11.8 Å². The number of amides is 1. The molecule has 0 saturated carbocycles. The van der Waals surface area contributed by atoms with Crippen LogP contribution in [0.2, 0.25) is 5.02 Å². The Hall–Kier alpha value is -2.31. The number of aromatic nitrogens is 2. The van der Waals surface area contributed by atoms with Crippen LogP contribution in [0.1, 0.15) is 18.2 Å². The van der Waals surface area contributed by atoms with E-state index in [2.05, 4.69) is 10.1 Å². The third kappa shape index (κ3) is 3.22. The van der Waals surface area contributed by atoms with Gasteiger partial charge in [-0.1, -0.05) is 35.0 Å². The van der Waals surface area contributed by atoms with Crippen LogP contribution in [0.15, 0.2) is 57.9 Å². The highest BCUT2D eigenvalue weighted by Gasteiger charge is 2.35. The average Bonchev–Trinajstić information content (AvgIpc) is 3.29. The maximum Gasteiger partial charge on any atom is 0.232 e. The number of nitrogens with zero attached hydrogens (tertiary/aromatic N) is 3. The fourth-order valence-corrected chi connectivity index (χ4v) is 3.73. The number of carbonyl (C=O) groups excluding carboxylic acids is 1. The van der Waals surface area contributed by atoms with Crippen molar-refractivity contribution in [3.63, 3.8) is 0 Å². The molecular formula is C19H16ClN3O2S. The highest BCUT2D eigenvalue weighted by atomic mass is 35.5. The molecule has 1 aliphatic heterocycles. The highest BCUT2D eigenvalue weighted by molar-refractivity contribution is 7.98. The first kappa shape index (κ1) is 17.1. The number of halogens is 1. The number of rotatable bonds is 4. The lowest BCUT2D eigenvalue weighted by atomic mass is 10.1. The van der Waals surface area contributed by atoms with Crippen LogP contribution in [0.25, 0.3) is 11.4 Å². The maximum absolute atomic E-state index is 12.5. The SMILES string of the molecule is CSc1cccc(N2CC(c3nc(-c4ccccc4Cl)no3)CC2=O)c1. The second-order valence-electron chi connectivity index (χ2n) is 6.04. The molecule has 0 aliphatic carbocycles. The van der Waals surface area contributed by atoms with Crippen molar-refractivity contribution >= 4 is 35.0 Å². The van der Waals surface area contributed by atoms with Gasteiger partial charge in [0.05, 0.1) is 10.9 Å². The van der Waals surface area contributed by atoms with Crippen molar-refractivity contribution in [2.24, 2.45) is 0 Å². The van der Waals surface area contributed by atoms with Crippen molar-refractivity contribution in [1.82, 2.24) is 10.1 Å². The number of hydrogen-bond donors (Lipinski definition) is 0. The fraction of sp³-hybridized carbons (Fsp3) is 0.211. The predicted octanol–water partition coefficient (Wildman–Crippen LogP) is 4.63. The largest absolute Gasteiger partial charge is 0.339 e. The Morgan fingerprint density at radius 3 is 2.88 bits per heavy atom. The molecule has 4 rings (SSSR count). The van der Waals surface area contributed by atoms with Crippen LogP contribution in [-0.2, 0) is 4.79 Å². The molecular weight excluding hydrogens is 370 g/mol. The highest BCUT2D eigenvalue weighted by Crippen LogP contribution is 2.34. The van der Waals surface area contributed by atoms with Crippen molar-refractivity contribution in [3.05, 3.63) is 59.4 Å². The summed E-state index contributed by atoms with van der Waals surface area (Å²) < 4.78 is 5.43. The Morgan fingerprint density at radius 1 is 1.23 bits per heavy atom. The third-order valence-corrected chi connectivity index (χ3v) is 5.45. The monoisotopic (exact) mass is 385 g/mol. The Bertz CT molecular complexity index is 959.